The first-order valence-corrected chi connectivity index (χ1v) is 11.6. The van der Waals surface area contributed by atoms with Gasteiger partial charge >= 0.3 is 0 Å². The number of nitrogens with zero attached hydrogens (tertiary/aromatic N) is 1. The van der Waals surface area contributed by atoms with Crippen molar-refractivity contribution in [2.45, 2.75) is 65.1 Å². The molecule has 0 saturated carbocycles. The first kappa shape index (κ1) is 17.6. The molecule has 1 aliphatic carbocycles. The van der Waals surface area contributed by atoms with Crippen LogP contribution in [0.2, 0.25) is 18.1 Å². The lowest BCUT2D eigenvalue weighted by Crippen LogP contribution is -2.44. The third-order valence-electron chi connectivity index (χ3n) is 5.35. The number of rotatable bonds is 4. The number of hydrogen-bond acceptors (Lipinski definition) is 3. The summed E-state index contributed by atoms with van der Waals surface area (Å²) in [7, 11) is -1.65. The zero-order chi connectivity index (χ0) is 16.4. The Bertz CT molecular complexity index is 456. The third-order valence-corrected chi connectivity index (χ3v) is 9.89. The lowest BCUT2D eigenvalue weighted by molar-refractivity contribution is 0.108. The van der Waals surface area contributed by atoms with E-state index in [1.54, 1.807) is 0 Å². The van der Waals surface area contributed by atoms with Gasteiger partial charge in [0.15, 0.2) is 8.32 Å². The maximum absolute atomic E-state index is 6.36. The van der Waals surface area contributed by atoms with Gasteiger partial charge in [-0.15, -0.1) is 0 Å². The highest BCUT2D eigenvalue weighted by atomic mass is 28.4. The molecule has 4 heteroatoms. The van der Waals surface area contributed by atoms with Gasteiger partial charge in [0.05, 0.1) is 18.8 Å². The standard InChI is InChI=1S/C18H33NO2Si/c1-7-15-9-8-10-16-17(15)19(11-13-20-16)12-14-21-22(5,6)18(2,3)4/h7H,8-14H2,1-6H3/b15-7+. The van der Waals surface area contributed by atoms with E-state index in [0.29, 0.717) is 0 Å². The predicted octanol–water partition coefficient (Wildman–Crippen LogP) is 4.68. The van der Waals surface area contributed by atoms with E-state index in [1.807, 2.05) is 0 Å². The van der Waals surface area contributed by atoms with Gasteiger partial charge < -0.3 is 14.1 Å². The summed E-state index contributed by atoms with van der Waals surface area (Å²) < 4.78 is 12.3. The minimum Gasteiger partial charge on any atom is -0.494 e. The molecule has 2 rings (SSSR count). The second-order valence-corrected chi connectivity index (χ2v) is 12.7. The van der Waals surface area contributed by atoms with Crippen LogP contribution in [0.1, 0.15) is 47.0 Å². The average molecular weight is 324 g/mol. The van der Waals surface area contributed by atoms with Crippen molar-refractivity contribution in [1.82, 2.24) is 4.90 Å². The van der Waals surface area contributed by atoms with Gasteiger partial charge in [-0.2, -0.15) is 0 Å². The van der Waals surface area contributed by atoms with Crippen LogP contribution in [0.15, 0.2) is 23.1 Å². The Labute approximate surface area is 137 Å². The molecule has 0 fully saturated rings. The quantitative estimate of drug-likeness (QED) is 0.701. The van der Waals surface area contributed by atoms with Crippen LogP contribution < -0.4 is 0 Å². The summed E-state index contributed by atoms with van der Waals surface area (Å²) in [5.41, 5.74) is 2.81. The monoisotopic (exact) mass is 323 g/mol. The highest BCUT2D eigenvalue weighted by Gasteiger charge is 2.37. The minimum absolute atomic E-state index is 0.280. The van der Waals surface area contributed by atoms with E-state index >= 15 is 0 Å². The summed E-state index contributed by atoms with van der Waals surface area (Å²) >= 11 is 0. The zero-order valence-electron chi connectivity index (χ0n) is 15.3. The van der Waals surface area contributed by atoms with E-state index in [2.05, 4.69) is 51.8 Å². The molecular formula is C18H33NO2Si. The second-order valence-electron chi connectivity index (χ2n) is 7.88. The van der Waals surface area contributed by atoms with Gasteiger partial charge in [-0.25, -0.2) is 0 Å². The van der Waals surface area contributed by atoms with E-state index in [4.69, 9.17) is 9.16 Å². The smallest absolute Gasteiger partial charge is 0.192 e. The molecule has 1 heterocycles. The molecule has 0 aromatic heterocycles. The lowest BCUT2D eigenvalue weighted by atomic mass is 9.95. The van der Waals surface area contributed by atoms with Gasteiger partial charge in [0.25, 0.3) is 0 Å². The summed E-state index contributed by atoms with van der Waals surface area (Å²) in [6.45, 7) is 17.3. The molecule has 0 unspecified atom stereocenters. The molecule has 0 bridgehead atoms. The maximum Gasteiger partial charge on any atom is 0.192 e. The van der Waals surface area contributed by atoms with Crippen molar-refractivity contribution in [2.24, 2.45) is 0 Å². The molecule has 126 valence electrons. The van der Waals surface area contributed by atoms with Crippen molar-refractivity contribution >= 4 is 8.32 Å². The molecule has 0 aromatic carbocycles. The van der Waals surface area contributed by atoms with Crippen LogP contribution in [0.3, 0.4) is 0 Å². The van der Waals surface area contributed by atoms with Crippen LogP contribution in [0.5, 0.6) is 0 Å². The minimum atomic E-state index is -1.65. The van der Waals surface area contributed by atoms with E-state index in [-0.39, 0.29) is 5.04 Å². The van der Waals surface area contributed by atoms with Crippen molar-refractivity contribution in [3.8, 4) is 0 Å². The van der Waals surface area contributed by atoms with Gasteiger partial charge in [0.2, 0.25) is 0 Å². The predicted molar refractivity (Wildman–Crippen MR) is 95.3 cm³/mol. The Morgan fingerprint density at radius 2 is 2.00 bits per heavy atom. The molecule has 0 amide bonds. The fourth-order valence-electron chi connectivity index (χ4n) is 2.90. The Hall–Kier alpha value is -0.743. The Morgan fingerprint density at radius 3 is 2.64 bits per heavy atom. The molecule has 0 saturated heterocycles. The summed E-state index contributed by atoms with van der Waals surface area (Å²) in [6.07, 6.45) is 5.74. The van der Waals surface area contributed by atoms with Crippen LogP contribution in [-0.2, 0) is 9.16 Å². The summed E-state index contributed by atoms with van der Waals surface area (Å²) in [6, 6.07) is 0. The normalized spacial score (nSPS) is 21.9. The third kappa shape index (κ3) is 3.77. The Kier molecular flexibility index (Phi) is 5.44. The second kappa shape index (κ2) is 6.79. The number of allylic oxidation sites excluding steroid dienone is 3. The molecule has 0 spiro atoms. The van der Waals surface area contributed by atoms with E-state index in [0.717, 1.165) is 32.7 Å². The molecule has 1 aliphatic heterocycles. The van der Waals surface area contributed by atoms with Gasteiger partial charge in [-0.1, -0.05) is 26.8 Å². The van der Waals surface area contributed by atoms with Crippen LogP contribution in [-0.4, -0.2) is 39.5 Å². The number of hydrogen-bond donors (Lipinski definition) is 0. The Balaban J connectivity index is 2.01. The lowest BCUT2D eigenvalue weighted by Gasteiger charge is -2.40. The molecule has 22 heavy (non-hydrogen) atoms. The largest absolute Gasteiger partial charge is 0.494 e. The molecule has 0 radical (unpaired) electrons. The fourth-order valence-corrected chi connectivity index (χ4v) is 3.93. The zero-order valence-corrected chi connectivity index (χ0v) is 16.3. The highest BCUT2D eigenvalue weighted by Crippen LogP contribution is 2.37. The van der Waals surface area contributed by atoms with Crippen molar-refractivity contribution in [2.75, 3.05) is 26.3 Å². The van der Waals surface area contributed by atoms with Crippen LogP contribution in [0.25, 0.3) is 0 Å². The average Bonchev–Trinajstić information content (AvgIpc) is 2.45. The summed E-state index contributed by atoms with van der Waals surface area (Å²) in [4.78, 5) is 2.49. The van der Waals surface area contributed by atoms with Crippen LogP contribution in [0, 0.1) is 0 Å². The SMILES string of the molecule is C/C=C1\CCCC2=C1N(CCO[Si](C)(C)C(C)(C)C)CCO2. The van der Waals surface area contributed by atoms with E-state index in [9.17, 15) is 0 Å². The molecule has 3 nitrogen and oxygen atoms in total. The molecule has 2 aliphatic rings. The topological polar surface area (TPSA) is 21.7 Å². The summed E-state index contributed by atoms with van der Waals surface area (Å²) in [5.74, 6) is 1.21. The van der Waals surface area contributed by atoms with E-state index < -0.39 is 8.32 Å². The first-order chi connectivity index (χ1) is 10.3. The van der Waals surface area contributed by atoms with Crippen molar-refractivity contribution in [1.29, 1.82) is 0 Å². The van der Waals surface area contributed by atoms with E-state index in [1.165, 1.54) is 29.9 Å². The molecular weight excluding hydrogens is 290 g/mol. The summed E-state index contributed by atoms with van der Waals surface area (Å²) in [5, 5.41) is 0.280. The van der Waals surface area contributed by atoms with Crippen LogP contribution >= 0.6 is 0 Å². The van der Waals surface area contributed by atoms with Gasteiger partial charge in [0, 0.05) is 13.0 Å². The van der Waals surface area contributed by atoms with Crippen LogP contribution in [0.4, 0.5) is 0 Å². The fraction of sp³-hybridized carbons (Fsp3) is 0.778. The maximum atomic E-state index is 6.36. The highest BCUT2D eigenvalue weighted by molar-refractivity contribution is 6.74. The molecule has 0 aromatic rings. The van der Waals surface area contributed by atoms with Gasteiger partial charge in [-0.05, 0) is 43.5 Å². The Morgan fingerprint density at radius 1 is 1.27 bits per heavy atom. The number of ether oxygens (including phenoxy) is 1. The molecule has 0 N–H and O–H groups in total. The first-order valence-electron chi connectivity index (χ1n) is 8.66. The van der Waals surface area contributed by atoms with Gasteiger partial charge in [-0.3, -0.25) is 0 Å². The van der Waals surface area contributed by atoms with Crippen molar-refractivity contribution in [3.63, 3.8) is 0 Å². The van der Waals surface area contributed by atoms with Crippen molar-refractivity contribution in [3.05, 3.63) is 23.1 Å². The molecule has 0 atom stereocenters. The van der Waals surface area contributed by atoms with Crippen molar-refractivity contribution < 1.29 is 9.16 Å². The van der Waals surface area contributed by atoms with Gasteiger partial charge in [0.1, 0.15) is 12.4 Å².